The first-order chi connectivity index (χ1) is 6.24. The van der Waals surface area contributed by atoms with Crippen LogP contribution in [0.2, 0.25) is 0 Å². The number of hydrogen-bond acceptors (Lipinski definition) is 2. The van der Waals surface area contributed by atoms with Crippen LogP contribution < -0.4 is 5.32 Å². The van der Waals surface area contributed by atoms with Gasteiger partial charge in [-0.1, -0.05) is 26.7 Å². The van der Waals surface area contributed by atoms with E-state index in [0.717, 1.165) is 13.0 Å². The molecule has 1 unspecified atom stereocenters. The number of hydrogen-bond donors (Lipinski definition) is 1. The highest BCUT2D eigenvalue weighted by Crippen LogP contribution is 2.08. The zero-order valence-corrected chi connectivity index (χ0v) is 8.93. The second-order valence-electron chi connectivity index (χ2n) is 3.16. The Hall–Kier alpha value is -0.730. The Bertz CT molecular complexity index is 137. The molecule has 0 aliphatic carbocycles. The third-order valence-electron chi connectivity index (χ3n) is 2.08. The van der Waals surface area contributed by atoms with Gasteiger partial charge in [0.05, 0.1) is 6.61 Å². The molecule has 0 spiro atoms. The molecule has 0 fully saturated rings. The number of nitrogens with one attached hydrogen (secondary N) is 1. The summed E-state index contributed by atoms with van der Waals surface area (Å²) in [6, 6.07) is 0. The number of carbonyl (C=O) groups is 1. The molecule has 0 heterocycles. The first kappa shape index (κ1) is 12.3. The van der Waals surface area contributed by atoms with E-state index in [9.17, 15) is 4.79 Å². The summed E-state index contributed by atoms with van der Waals surface area (Å²) >= 11 is 0. The minimum Gasteiger partial charge on any atom is -0.450 e. The van der Waals surface area contributed by atoms with Gasteiger partial charge in [-0.25, -0.2) is 4.79 Å². The highest BCUT2D eigenvalue weighted by Gasteiger charge is 2.07. The SMILES string of the molecule is CCCC(CC)CNC(=O)OCC. The van der Waals surface area contributed by atoms with Crippen LogP contribution in [0.4, 0.5) is 4.79 Å². The maximum Gasteiger partial charge on any atom is 0.407 e. The van der Waals surface area contributed by atoms with Crippen molar-refractivity contribution in [3.63, 3.8) is 0 Å². The van der Waals surface area contributed by atoms with E-state index in [1.54, 1.807) is 0 Å². The van der Waals surface area contributed by atoms with E-state index < -0.39 is 0 Å². The maximum absolute atomic E-state index is 10.9. The third kappa shape index (κ3) is 6.43. The van der Waals surface area contributed by atoms with Crippen molar-refractivity contribution in [1.82, 2.24) is 5.32 Å². The Balaban J connectivity index is 3.52. The quantitative estimate of drug-likeness (QED) is 0.694. The van der Waals surface area contributed by atoms with Gasteiger partial charge >= 0.3 is 6.09 Å². The standard InChI is InChI=1S/C10H21NO2/c1-4-7-9(5-2)8-11-10(12)13-6-3/h9H,4-8H2,1-3H3,(H,11,12). The Morgan fingerprint density at radius 2 is 2.08 bits per heavy atom. The van der Waals surface area contributed by atoms with E-state index in [1.165, 1.54) is 12.8 Å². The molecule has 0 aromatic carbocycles. The molecule has 0 aliphatic heterocycles. The molecular formula is C10H21NO2. The van der Waals surface area contributed by atoms with Crippen LogP contribution in [0, 0.1) is 5.92 Å². The van der Waals surface area contributed by atoms with Crippen molar-refractivity contribution in [1.29, 1.82) is 0 Å². The summed E-state index contributed by atoms with van der Waals surface area (Å²) in [4.78, 5) is 10.9. The first-order valence-corrected chi connectivity index (χ1v) is 5.15. The monoisotopic (exact) mass is 187 g/mol. The molecular weight excluding hydrogens is 166 g/mol. The number of carbonyl (C=O) groups excluding carboxylic acids is 1. The second kappa shape index (κ2) is 7.90. The summed E-state index contributed by atoms with van der Waals surface area (Å²) in [5.74, 6) is 0.592. The molecule has 3 heteroatoms. The van der Waals surface area contributed by atoms with Gasteiger partial charge in [0.2, 0.25) is 0 Å². The van der Waals surface area contributed by atoms with Gasteiger partial charge in [0.15, 0.2) is 0 Å². The van der Waals surface area contributed by atoms with Gasteiger partial charge in [-0.3, -0.25) is 0 Å². The molecule has 78 valence electrons. The molecule has 0 aromatic rings. The van der Waals surface area contributed by atoms with Crippen molar-refractivity contribution < 1.29 is 9.53 Å². The van der Waals surface area contributed by atoms with E-state index in [0.29, 0.717) is 12.5 Å². The predicted octanol–water partition coefficient (Wildman–Crippen LogP) is 2.56. The van der Waals surface area contributed by atoms with E-state index in [-0.39, 0.29) is 6.09 Å². The summed E-state index contributed by atoms with van der Waals surface area (Å²) in [5.41, 5.74) is 0. The fourth-order valence-electron chi connectivity index (χ4n) is 1.27. The largest absolute Gasteiger partial charge is 0.450 e. The Labute approximate surface area is 80.8 Å². The summed E-state index contributed by atoms with van der Waals surface area (Å²) < 4.78 is 4.76. The van der Waals surface area contributed by atoms with E-state index in [2.05, 4.69) is 19.2 Å². The summed E-state index contributed by atoms with van der Waals surface area (Å²) in [6.45, 7) is 7.29. The summed E-state index contributed by atoms with van der Waals surface area (Å²) in [5, 5.41) is 2.76. The lowest BCUT2D eigenvalue weighted by atomic mass is 10.0. The topological polar surface area (TPSA) is 38.3 Å². The van der Waals surface area contributed by atoms with Gasteiger partial charge in [0, 0.05) is 6.54 Å². The van der Waals surface area contributed by atoms with Gasteiger partial charge in [0.25, 0.3) is 0 Å². The van der Waals surface area contributed by atoms with E-state index >= 15 is 0 Å². The van der Waals surface area contributed by atoms with Crippen molar-refractivity contribution in [2.45, 2.75) is 40.0 Å². The first-order valence-electron chi connectivity index (χ1n) is 5.15. The fraction of sp³-hybridized carbons (Fsp3) is 0.900. The van der Waals surface area contributed by atoms with Crippen LogP contribution in [0.15, 0.2) is 0 Å². The van der Waals surface area contributed by atoms with Crippen LogP contribution >= 0.6 is 0 Å². The molecule has 0 saturated heterocycles. The van der Waals surface area contributed by atoms with Crippen molar-refractivity contribution in [3.05, 3.63) is 0 Å². The normalized spacial score (nSPS) is 12.2. The lowest BCUT2D eigenvalue weighted by Gasteiger charge is -2.14. The Kier molecular flexibility index (Phi) is 7.45. The van der Waals surface area contributed by atoms with Crippen LogP contribution in [0.5, 0.6) is 0 Å². The lowest BCUT2D eigenvalue weighted by molar-refractivity contribution is 0.150. The Morgan fingerprint density at radius 3 is 2.54 bits per heavy atom. The summed E-state index contributed by atoms with van der Waals surface area (Å²) in [6.07, 6.45) is 3.16. The highest BCUT2D eigenvalue weighted by atomic mass is 16.5. The van der Waals surface area contributed by atoms with Crippen LogP contribution in [0.3, 0.4) is 0 Å². The average Bonchev–Trinajstić information content (AvgIpc) is 2.12. The maximum atomic E-state index is 10.9. The van der Waals surface area contributed by atoms with Crippen LogP contribution in [-0.4, -0.2) is 19.2 Å². The van der Waals surface area contributed by atoms with Gasteiger partial charge < -0.3 is 10.1 Å². The molecule has 0 aromatic heterocycles. The van der Waals surface area contributed by atoms with Crippen molar-refractivity contribution in [2.75, 3.05) is 13.2 Å². The number of ether oxygens (including phenoxy) is 1. The highest BCUT2D eigenvalue weighted by molar-refractivity contribution is 5.66. The minimum atomic E-state index is -0.294. The lowest BCUT2D eigenvalue weighted by Crippen LogP contribution is -2.29. The molecule has 13 heavy (non-hydrogen) atoms. The van der Waals surface area contributed by atoms with E-state index in [4.69, 9.17) is 4.74 Å². The zero-order valence-electron chi connectivity index (χ0n) is 8.93. The molecule has 1 N–H and O–H groups in total. The van der Waals surface area contributed by atoms with Crippen molar-refractivity contribution in [2.24, 2.45) is 5.92 Å². The van der Waals surface area contributed by atoms with Crippen LogP contribution in [0.25, 0.3) is 0 Å². The molecule has 0 bridgehead atoms. The fourth-order valence-corrected chi connectivity index (χ4v) is 1.27. The minimum absolute atomic E-state index is 0.294. The average molecular weight is 187 g/mol. The number of alkyl carbamates (subject to hydrolysis) is 1. The number of rotatable bonds is 6. The third-order valence-corrected chi connectivity index (χ3v) is 2.08. The van der Waals surface area contributed by atoms with Gasteiger partial charge in [-0.15, -0.1) is 0 Å². The smallest absolute Gasteiger partial charge is 0.407 e. The molecule has 0 radical (unpaired) electrons. The predicted molar refractivity (Wildman–Crippen MR) is 53.7 cm³/mol. The number of amides is 1. The van der Waals surface area contributed by atoms with Crippen molar-refractivity contribution in [3.8, 4) is 0 Å². The molecule has 3 nitrogen and oxygen atoms in total. The van der Waals surface area contributed by atoms with Gasteiger partial charge in [-0.05, 0) is 19.3 Å². The molecule has 0 rings (SSSR count). The van der Waals surface area contributed by atoms with Crippen molar-refractivity contribution >= 4 is 6.09 Å². The molecule has 0 aliphatic rings. The molecule has 1 atom stereocenters. The van der Waals surface area contributed by atoms with Gasteiger partial charge in [-0.2, -0.15) is 0 Å². The molecule has 0 saturated carbocycles. The van der Waals surface area contributed by atoms with Gasteiger partial charge in [0.1, 0.15) is 0 Å². The van der Waals surface area contributed by atoms with E-state index in [1.807, 2.05) is 6.92 Å². The van der Waals surface area contributed by atoms with Crippen LogP contribution in [-0.2, 0) is 4.74 Å². The van der Waals surface area contributed by atoms with Crippen LogP contribution in [0.1, 0.15) is 40.0 Å². The zero-order chi connectivity index (χ0) is 10.1. The Morgan fingerprint density at radius 1 is 1.38 bits per heavy atom. The second-order valence-corrected chi connectivity index (χ2v) is 3.16. The molecule has 1 amide bonds. The summed E-state index contributed by atoms with van der Waals surface area (Å²) in [7, 11) is 0.